The zero-order chi connectivity index (χ0) is 16.4. The summed E-state index contributed by atoms with van der Waals surface area (Å²) in [5.41, 5.74) is 2.32. The van der Waals surface area contributed by atoms with Crippen LogP contribution in [0, 0.1) is 11.7 Å². The van der Waals surface area contributed by atoms with Gasteiger partial charge in [-0.25, -0.2) is 5.10 Å². The highest BCUT2D eigenvalue weighted by Crippen LogP contribution is 2.22. The van der Waals surface area contributed by atoms with E-state index in [4.69, 9.17) is 12.2 Å². The van der Waals surface area contributed by atoms with E-state index in [-0.39, 0.29) is 11.5 Å². The Bertz CT molecular complexity index is 943. The van der Waals surface area contributed by atoms with E-state index in [1.807, 2.05) is 31.2 Å². The molecule has 0 amide bonds. The van der Waals surface area contributed by atoms with Gasteiger partial charge in [-0.05, 0) is 42.9 Å². The highest BCUT2D eigenvalue weighted by molar-refractivity contribution is 7.71. The molecule has 3 N–H and O–H groups in total. The van der Waals surface area contributed by atoms with Gasteiger partial charge in [0.25, 0.3) is 0 Å². The lowest BCUT2D eigenvalue weighted by atomic mass is 10.1. The van der Waals surface area contributed by atoms with Crippen molar-refractivity contribution in [2.24, 2.45) is 5.10 Å². The van der Waals surface area contributed by atoms with E-state index in [0.29, 0.717) is 16.2 Å². The summed E-state index contributed by atoms with van der Waals surface area (Å²) in [5.74, 6) is 0.627. The Kier molecular flexibility index (Phi) is 3.94. The van der Waals surface area contributed by atoms with Gasteiger partial charge in [-0.3, -0.25) is 0 Å². The number of hydrogen-bond acceptors (Lipinski definition) is 5. The average molecular weight is 326 g/mol. The van der Waals surface area contributed by atoms with Gasteiger partial charge in [0, 0.05) is 11.1 Å². The quantitative estimate of drug-likeness (QED) is 0.392. The Balaban J connectivity index is 2.06. The number of H-pyrrole nitrogens is 1. The van der Waals surface area contributed by atoms with Gasteiger partial charge in [-0.15, -0.1) is 0 Å². The summed E-state index contributed by atoms with van der Waals surface area (Å²) in [7, 11) is 0. The van der Waals surface area contributed by atoms with Crippen molar-refractivity contribution < 1.29 is 10.2 Å². The maximum Gasteiger partial charge on any atom is 0.216 e. The predicted octanol–water partition coefficient (Wildman–Crippen LogP) is 3.21. The van der Waals surface area contributed by atoms with Crippen molar-refractivity contribution in [2.45, 2.75) is 6.92 Å². The van der Waals surface area contributed by atoms with Crippen molar-refractivity contribution >= 4 is 18.4 Å². The van der Waals surface area contributed by atoms with Gasteiger partial charge in [0.1, 0.15) is 11.5 Å². The van der Waals surface area contributed by atoms with E-state index < -0.39 is 0 Å². The fraction of sp³-hybridized carbons (Fsp3) is 0.0625. The first-order chi connectivity index (χ1) is 11.1. The van der Waals surface area contributed by atoms with Gasteiger partial charge in [0.05, 0.1) is 6.21 Å². The van der Waals surface area contributed by atoms with Crippen LogP contribution in [-0.2, 0) is 0 Å². The second-order valence-corrected chi connectivity index (χ2v) is 5.35. The zero-order valence-electron chi connectivity index (χ0n) is 12.3. The first kappa shape index (κ1) is 15.0. The molecule has 0 saturated heterocycles. The average Bonchev–Trinajstić information content (AvgIpc) is 2.89. The van der Waals surface area contributed by atoms with Gasteiger partial charge < -0.3 is 10.2 Å². The van der Waals surface area contributed by atoms with Crippen LogP contribution in [0.15, 0.2) is 47.6 Å². The number of aromatic hydroxyl groups is 2. The molecule has 0 bridgehead atoms. The second-order valence-electron chi connectivity index (χ2n) is 4.97. The Morgan fingerprint density at radius 3 is 2.78 bits per heavy atom. The van der Waals surface area contributed by atoms with Crippen molar-refractivity contribution in [1.29, 1.82) is 0 Å². The lowest BCUT2D eigenvalue weighted by Gasteiger charge is -2.04. The number of aromatic nitrogens is 3. The van der Waals surface area contributed by atoms with Crippen LogP contribution in [0.5, 0.6) is 11.5 Å². The van der Waals surface area contributed by atoms with Gasteiger partial charge >= 0.3 is 0 Å². The molecule has 1 aromatic heterocycles. The summed E-state index contributed by atoms with van der Waals surface area (Å²) in [5, 5.41) is 30.5. The molecule has 0 fully saturated rings. The fourth-order valence-electron chi connectivity index (χ4n) is 2.16. The minimum absolute atomic E-state index is 0.0130. The SMILES string of the molecule is Cc1ccccc1-c1n[nH]c(=S)n1/N=C/c1cc(O)ccc1O. The van der Waals surface area contributed by atoms with Crippen molar-refractivity contribution in [2.75, 3.05) is 0 Å². The van der Waals surface area contributed by atoms with E-state index >= 15 is 0 Å². The van der Waals surface area contributed by atoms with E-state index in [1.165, 1.54) is 29.1 Å². The molecule has 23 heavy (non-hydrogen) atoms. The van der Waals surface area contributed by atoms with Crippen LogP contribution in [0.3, 0.4) is 0 Å². The Hall–Kier alpha value is -2.93. The minimum Gasteiger partial charge on any atom is -0.508 e. The summed E-state index contributed by atoms with van der Waals surface area (Å²) in [6.45, 7) is 1.97. The highest BCUT2D eigenvalue weighted by Gasteiger charge is 2.10. The molecule has 3 aromatic rings. The fourth-order valence-corrected chi connectivity index (χ4v) is 2.34. The molecule has 0 atom stereocenters. The van der Waals surface area contributed by atoms with Crippen LogP contribution in [0.4, 0.5) is 0 Å². The topological polar surface area (TPSA) is 86.4 Å². The third-order valence-corrected chi connectivity index (χ3v) is 3.62. The lowest BCUT2D eigenvalue weighted by molar-refractivity contribution is 0.459. The number of hydrogen-bond donors (Lipinski definition) is 3. The lowest BCUT2D eigenvalue weighted by Crippen LogP contribution is -1.96. The number of phenols is 2. The molecule has 7 heteroatoms. The summed E-state index contributed by atoms with van der Waals surface area (Å²) < 4.78 is 1.81. The zero-order valence-corrected chi connectivity index (χ0v) is 13.1. The minimum atomic E-state index is 0.0130. The Labute approximate surface area is 137 Å². The summed E-state index contributed by atoms with van der Waals surface area (Å²) in [4.78, 5) is 0. The maximum atomic E-state index is 9.80. The van der Waals surface area contributed by atoms with E-state index in [1.54, 1.807) is 0 Å². The van der Waals surface area contributed by atoms with Crippen LogP contribution in [0.1, 0.15) is 11.1 Å². The number of nitrogens with zero attached hydrogens (tertiary/aromatic N) is 3. The second kappa shape index (κ2) is 6.05. The number of phenolic OH excluding ortho intramolecular Hbond substituents is 2. The number of aromatic amines is 1. The maximum absolute atomic E-state index is 9.80. The van der Waals surface area contributed by atoms with Gasteiger partial charge in [-0.2, -0.15) is 14.9 Å². The first-order valence-electron chi connectivity index (χ1n) is 6.86. The van der Waals surface area contributed by atoms with E-state index in [0.717, 1.165) is 11.1 Å². The molecule has 0 aliphatic carbocycles. The Morgan fingerprint density at radius 2 is 2.00 bits per heavy atom. The highest BCUT2D eigenvalue weighted by atomic mass is 32.1. The molecule has 0 aliphatic rings. The summed E-state index contributed by atoms with van der Waals surface area (Å²) in [6, 6.07) is 12.0. The number of aryl methyl sites for hydroxylation is 1. The summed E-state index contributed by atoms with van der Waals surface area (Å²) >= 11 is 5.21. The Morgan fingerprint density at radius 1 is 1.22 bits per heavy atom. The normalized spacial score (nSPS) is 11.2. The summed E-state index contributed by atoms with van der Waals surface area (Å²) in [6.07, 6.45) is 1.42. The number of rotatable bonds is 3. The van der Waals surface area contributed by atoms with Gasteiger partial charge in [0.2, 0.25) is 4.77 Å². The molecule has 1 heterocycles. The monoisotopic (exact) mass is 326 g/mol. The standard InChI is InChI=1S/C16H14N4O2S/c1-10-4-2-3-5-13(10)15-18-19-16(23)20(15)17-9-11-8-12(21)6-7-14(11)22/h2-9,21-22H,1H3,(H,19,23)/b17-9+. The van der Waals surface area contributed by atoms with Crippen LogP contribution in [0.2, 0.25) is 0 Å². The van der Waals surface area contributed by atoms with Crippen LogP contribution < -0.4 is 0 Å². The molecule has 0 radical (unpaired) electrons. The van der Waals surface area contributed by atoms with Crippen LogP contribution in [0.25, 0.3) is 11.4 Å². The number of benzene rings is 2. The largest absolute Gasteiger partial charge is 0.508 e. The van der Waals surface area contributed by atoms with Crippen molar-refractivity contribution in [3.63, 3.8) is 0 Å². The molecular weight excluding hydrogens is 312 g/mol. The van der Waals surface area contributed by atoms with Crippen LogP contribution in [-0.4, -0.2) is 31.3 Å². The first-order valence-corrected chi connectivity index (χ1v) is 7.27. The van der Waals surface area contributed by atoms with E-state index in [2.05, 4.69) is 15.3 Å². The molecular formula is C16H14N4O2S. The van der Waals surface area contributed by atoms with Crippen molar-refractivity contribution in [3.05, 3.63) is 58.4 Å². The molecule has 6 nitrogen and oxygen atoms in total. The third-order valence-electron chi connectivity index (χ3n) is 3.36. The van der Waals surface area contributed by atoms with Crippen LogP contribution >= 0.6 is 12.2 Å². The molecule has 3 rings (SSSR count). The molecule has 0 aliphatic heterocycles. The van der Waals surface area contributed by atoms with Crippen molar-refractivity contribution in [3.8, 4) is 22.9 Å². The third kappa shape index (κ3) is 3.00. The molecule has 0 spiro atoms. The molecule has 2 aromatic carbocycles. The smallest absolute Gasteiger partial charge is 0.216 e. The van der Waals surface area contributed by atoms with Gasteiger partial charge in [-0.1, -0.05) is 24.3 Å². The van der Waals surface area contributed by atoms with Gasteiger partial charge in [0.15, 0.2) is 5.82 Å². The molecule has 0 saturated carbocycles. The molecule has 0 unspecified atom stereocenters. The molecule has 116 valence electrons. The van der Waals surface area contributed by atoms with E-state index in [9.17, 15) is 10.2 Å². The number of nitrogens with one attached hydrogen (secondary N) is 1. The predicted molar refractivity (Wildman–Crippen MR) is 90.3 cm³/mol. The van der Waals surface area contributed by atoms with Crippen molar-refractivity contribution in [1.82, 2.24) is 14.9 Å².